The Labute approximate surface area is 122 Å². The van der Waals surface area contributed by atoms with Gasteiger partial charge in [0, 0.05) is 12.7 Å². The second kappa shape index (κ2) is 5.51. The molecule has 2 unspecified atom stereocenters. The summed E-state index contributed by atoms with van der Waals surface area (Å²) in [5.41, 5.74) is 1.30. The van der Waals surface area contributed by atoms with E-state index in [1.807, 2.05) is 17.0 Å². The second-order valence-electron chi connectivity index (χ2n) is 5.13. The van der Waals surface area contributed by atoms with E-state index in [1.165, 1.54) is 18.3 Å². The molecule has 1 N–H and O–H groups in total. The van der Waals surface area contributed by atoms with Crippen molar-refractivity contribution in [1.29, 1.82) is 5.26 Å². The summed E-state index contributed by atoms with van der Waals surface area (Å²) in [4.78, 5) is 6.21. The fourth-order valence-electron chi connectivity index (χ4n) is 2.72. The molecule has 3 rings (SSSR count). The Morgan fingerprint density at radius 1 is 1.33 bits per heavy atom. The Morgan fingerprint density at radius 3 is 2.86 bits per heavy atom. The number of nitriles is 1. The number of halogens is 1. The van der Waals surface area contributed by atoms with E-state index in [2.05, 4.69) is 4.98 Å². The third kappa shape index (κ3) is 2.71. The number of aliphatic hydroxyl groups is 1. The van der Waals surface area contributed by atoms with E-state index in [4.69, 9.17) is 5.26 Å². The molecule has 21 heavy (non-hydrogen) atoms. The Balaban J connectivity index is 1.93. The highest BCUT2D eigenvalue weighted by molar-refractivity contribution is 5.46. The van der Waals surface area contributed by atoms with Gasteiger partial charge in [-0.1, -0.05) is 12.1 Å². The molecule has 1 saturated heterocycles. The van der Waals surface area contributed by atoms with Crippen LogP contribution in [0.5, 0.6) is 0 Å². The molecule has 0 spiro atoms. The minimum absolute atomic E-state index is 0.115. The summed E-state index contributed by atoms with van der Waals surface area (Å²) in [6.07, 6.45) is 1.56. The number of nitrogens with zero attached hydrogens (tertiary/aromatic N) is 3. The molecule has 4 nitrogen and oxygen atoms in total. The third-order valence-electron chi connectivity index (χ3n) is 3.68. The van der Waals surface area contributed by atoms with Gasteiger partial charge in [-0.05, 0) is 36.2 Å². The van der Waals surface area contributed by atoms with Crippen LogP contribution in [-0.4, -0.2) is 22.7 Å². The van der Waals surface area contributed by atoms with Crippen LogP contribution in [0.2, 0.25) is 0 Å². The predicted molar refractivity (Wildman–Crippen MR) is 76.1 cm³/mol. The van der Waals surface area contributed by atoms with Crippen LogP contribution in [0.25, 0.3) is 0 Å². The monoisotopic (exact) mass is 283 g/mol. The Bertz CT molecular complexity index is 681. The fourth-order valence-corrected chi connectivity index (χ4v) is 2.72. The van der Waals surface area contributed by atoms with E-state index in [1.54, 1.807) is 18.2 Å². The largest absolute Gasteiger partial charge is 0.391 e. The Hall–Kier alpha value is -2.45. The summed E-state index contributed by atoms with van der Waals surface area (Å²) in [5.74, 6) is 0.390. The number of pyridine rings is 1. The topological polar surface area (TPSA) is 60.2 Å². The van der Waals surface area contributed by atoms with Crippen molar-refractivity contribution < 1.29 is 9.50 Å². The number of aromatic nitrogens is 1. The molecule has 5 heteroatoms. The van der Waals surface area contributed by atoms with Gasteiger partial charge in [0.25, 0.3) is 0 Å². The number of hydrogen-bond acceptors (Lipinski definition) is 4. The van der Waals surface area contributed by atoms with Crippen LogP contribution < -0.4 is 4.90 Å². The molecule has 0 amide bonds. The lowest BCUT2D eigenvalue weighted by molar-refractivity contribution is 0.194. The summed E-state index contributed by atoms with van der Waals surface area (Å²) in [7, 11) is 0. The highest BCUT2D eigenvalue weighted by atomic mass is 19.1. The van der Waals surface area contributed by atoms with Gasteiger partial charge < -0.3 is 10.0 Å². The van der Waals surface area contributed by atoms with Gasteiger partial charge in [-0.25, -0.2) is 9.37 Å². The van der Waals surface area contributed by atoms with Crippen LogP contribution in [0.1, 0.15) is 23.6 Å². The van der Waals surface area contributed by atoms with Gasteiger partial charge in [0.1, 0.15) is 17.7 Å². The molecular weight excluding hydrogens is 269 g/mol. The molecule has 1 aliphatic heterocycles. The van der Waals surface area contributed by atoms with Crippen LogP contribution in [0.4, 0.5) is 10.2 Å². The first-order valence-electron chi connectivity index (χ1n) is 6.73. The number of hydrogen-bond donors (Lipinski definition) is 1. The van der Waals surface area contributed by atoms with Crippen molar-refractivity contribution in [2.45, 2.75) is 18.6 Å². The number of benzene rings is 1. The number of β-amino-alcohol motifs (C(OH)–C–C–N with tert-alkyl or cyclic N) is 1. The lowest BCUT2D eigenvalue weighted by Gasteiger charge is -2.25. The highest BCUT2D eigenvalue weighted by Crippen LogP contribution is 2.35. The van der Waals surface area contributed by atoms with Gasteiger partial charge in [-0.3, -0.25) is 0 Å². The Morgan fingerprint density at radius 2 is 2.19 bits per heavy atom. The Kier molecular flexibility index (Phi) is 3.55. The van der Waals surface area contributed by atoms with Crippen LogP contribution in [0, 0.1) is 17.1 Å². The van der Waals surface area contributed by atoms with Crippen molar-refractivity contribution in [3.8, 4) is 6.07 Å². The molecule has 0 radical (unpaired) electrons. The molecule has 1 aromatic heterocycles. The summed E-state index contributed by atoms with van der Waals surface area (Å²) in [5, 5.41) is 18.8. The first-order chi connectivity index (χ1) is 10.2. The van der Waals surface area contributed by atoms with E-state index in [9.17, 15) is 9.50 Å². The molecule has 2 heterocycles. The predicted octanol–water partition coefficient (Wildman–Crippen LogP) is 2.40. The maximum Gasteiger partial charge on any atom is 0.129 e. The highest BCUT2D eigenvalue weighted by Gasteiger charge is 2.33. The van der Waals surface area contributed by atoms with Crippen molar-refractivity contribution in [1.82, 2.24) is 4.98 Å². The maximum absolute atomic E-state index is 13.4. The van der Waals surface area contributed by atoms with Crippen molar-refractivity contribution >= 4 is 5.82 Å². The minimum Gasteiger partial charge on any atom is -0.391 e. The third-order valence-corrected chi connectivity index (χ3v) is 3.68. The summed E-state index contributed by atoms with van der Waals surface area (Å²) >= 11 is 0. The molecule has 0 saturated carbocycles. The van der Waals surface area contributed by atoms with Gasteiger partial charge in [-0.15, -0.1) is 0 Å². The minimum atomic E-state index is -0.476. The van der Waals surface area contributed by atoms with Gasteiger partial charge in [0.2, 0.25) is 0 Å². The average Bonchev–Trinajstić information content (AvgIpc) is 2.89. The van der Waals surface area contributed by atoms with Crippen LogP contribution in [0.3, 0.4) is 0 Å². The van der Waals surface area contributed by atoms with E-state index < -0.39 is 6.10 Å². The normalized spacial score (nSPS) is 21.3. The zero-order valence-corrected chi connectivity index (χ0v) is 11.3. The van der Waals surface area contributed by atoms with Gasteiger partial charge in [-0.2, -0.15) is 5.26 Å². The second-order valence-corrected chi connectivity index (χ2v) is 5.13. The van der Waals surface area contributed by atoms with Crippen molar-refractivity contribution in [2.75, 3.05) is 11.4 Å². The zero-order valence-electron chi connectivity index (χ0n) is 11.3. The van der Waals surface area contributed by atoms with Crippen LogP contribution in [0.15, 0.2) is 42.6 Å². The first-order valence-corrected chi connectivity index (χ1v) is 6.73. The molecule has 1 aliphatic rings. The van der Waals surface area contributed by atoms with E-state index in [0.29, 0.717) is 24.3 Å². The van der Waals surface area contributed by atoms with Gasteiger partial charge >= 0.3 is 0 Å². The summed E-state index contributed by atoms with van der Waals surface area (Å²) < 4.78 is 13.4. The molecule has 2 aromatic rings. The maximum atomic E-state index is 13.4. The lowest BCUT2D eigenvalue weighted by atomic mass is 10.0. The molecule has 1 fully saturated rings. The standard InChI is InChI=1S/C16H14FN3O/c17-13-3-1-2-12(6-13)15-7-14(21)10-20(15)16-5-4-11(8-18)9-19-16/h1-6,9,14-15,21H,7,10H2. The SMILES string of the molecule is N#Cc1ccc(N2CC(O)CC2c2cccc(F)c2)nc1. The van der Waals surface area contributed by atoms with Crippen molar-refractivity contribution in [3.05, 3.63) is 59.5 Å². The number of aliphatic hydroxyl groups excluding tert-OH is 1. The fraction of sp³-hybridized carbons (Fsp3) is 0.250. The number of anilines is 1. The summed E-state index contributed by atoms with van der Waals surface area (Å²) in [6.45, 7) is 0.445. The molecule has 106 valence electrons. The molecule has 0 aliphatic carbocycles. The van der Waals surface area contributed by atoms with Crippen LogP contribution >= 0.6 is 0 Å². The van der Waals surface area contributed by atoms with E-state index in [0.717, 1.165) is 5.56 Å². The van der Waals surface area contributed by atoms with Crippen molar-refractivity contribution in [3.63, 3.8) is 0 Å². The van der Waals surface area contributed by atoms with Gasteiger partial charge in [0.15, 0.2) is 0 Å². The van der Waals surface area contributed by atoms with E-state index in [-0.39, 0.29) is 11.9 Å². The molecule has 2 atom stereocenters. The van der Waals surface area contributed by atoms with Gasteiger partial charge in [0.05, 0.1) is 17.7 Å². The quantitative estimate of drug-likeness (QED) is 0.919. The van der Waals surface area contributed by atoms with Crippen molar-refractivity contribution in [2.24, 2.45) is 0 Å². The van der Waals surface area contributed by atoms with Crippen LogP contribution in [-0.2, 0) is 0 Å². The zero-order chi connectivity index (χ0) is 14.8. The number of rotatable bonds is 2. The average molecular weight is 283 g/mol. The molecular formula is C16H14FN3O. The first kappa shape index (κ1) is 13.5. The summed E-state index contributed by atoms with van der Waals surface area (Å²) in [6, 6.07) is 11.8. The lowest BCUT2D eigenvalue weighted by Crippen LogP contribution is -2.25. The molecule has 1 aromatic carbocycles. The molecule has 0 bridgehead atoms. The smallest absolute Gasteiger partial charge is 0.129 e. The van der Waals surface area contributed by atoms with E-state index >= 15 is 0 Å².